The minimum Gasteiger partial charge on any atom is -0.388 e. The fourth-order valence-corrected chi connectivity index (χ4v) is 6.07. The predicted molar refractivity (Wildman–Crippen MR) is 184 cm³/mol. The summed E-state index contributed by atoms with van der Waals surface area (Å²) in [5.74, 6) is 0. The molecule has 0 spiro atoms. The van der Waals surface area contributed by atoms with Crippen molar-refractivity contribution < 1.29 is 54.3 Å². The van der Waals surface area contributed by atoms with Gasteiger partial charge >= 0.3 is 0 Å². The average molecular weight is 691 g/mol. The third-order valence-electron chi connectivity index (χ3n) is 9.29. The molecule has 9 atom stereocenters. The Bertz CT molecular complexity index is 772. The van der Waals surface area contributed by atoms with E-state index in [1.165, 1.54) is 109 Å². The van der Waals surface area contributed by atoms with Gasteiger partial charge in [0.05, 0.1) is 26.4 Å². The van der Waals surface area contributed by atoms with Gasteiger partial charge in [0.15, 0.2) is 12.6 Å². The lowest BCUT2D eigenvalue weighted by atomic mass is 10.0. The number of hydrogen-bond acceptors (Lipinski definition) is 11. The van der Waals surface area contributed by atoms with Crippen LogP contribution in [0.4, 0.5) is 0 Å². The zero-order chi connectivity index (χ0) is 34.8. The van der Waals surface area contributed by atoms with Crippen LogP contribution in [0.15, 0.2) is 12.2 Å². The molecule has 6 N–H and O–H groups in total. The Hall–Kier alpha value is -0.700. The first-order valence-electron chi connectivity index (χ1n) is 19.2. The average Bonchev–Trinajstić information content (AvgIpc) is 3.08. The second-order valence-corrected chi connectivity index (χ2v) is 13.7. The van der Waals surface area contributed by atoms with Crippen molar-refractivity contribution in [1.82, 2.24) is 0 Å². The fraction of sp³-hybridized carbons (Fsp3) is 0.946. The molecular weight excluding hydrogens is 620 g/mol. The monoisotopic (exact) mass is 690 g/mol. The van der Waals surface area contributed by atoms with Gasteiger partial charge in [-0.15, -0.1) is 0 Å². The van der Waals surface area contributed by atoms with E-state index in [2.05, 4.69) is 19.1 Å². The highest BCUT2D eigenvalue weighted by molar-refractivity contribution is 4.85. The van der Waals surface area contributed by atoms with Gasteiger partial charge in [-0.05, 0) is 32.1 Å². The first-order valence-corrected chi connectivity index (χ1v) is 19.2. The molecule has 0 aromatic rings. The van der Waals surface area contributed by atoms with Gasteiger partial charge < -0.3 is 54.3 Å². The second kappa shape index (κ2) is 28.0. The van der Waals surface area contributed by atoms with Crippen LogP contribution in [0.1, 0.15) is 135 Å². The fourth-order valence-electron chi connectivity index (χ4n) is 6.07. The van der Waals surface area contributed by atoms with E-state index in [4.69, 9.17) is 23.7 Å². The van der Waals surface area contributed by atoms with Crippen molar-refractivity contribution in [3.63, 3.8) is 0 Å². The molecule has 2 saturated heterocycles. The van der Waals surface area contributed by atoms with Gasteiger partial charge in [0.1, 0.15) is 42.7 Å². The Balaban J connectivity index is 1.46. The van der Waals surface area contributed by atoms with Gasteiger partial charge in [-0.1, -0.05) is 115 Å². The predicted octanol–water partition coefficient (Wildman–Crippen LogP) is 4.66. The van der Waals surface area contributed by atoms with Gasteiger partial charge in [-0.2, -0.15) is 0 Å². The Morgan fingerprint density at radius 2 is 0.979 bits per heavy atom. The molecule has 284 valence electrons. The first-order chi connectivity index (χ1) is 23.3. The van der Waals surface area contributed by atoms with E-state index < -0.39 is 55.3 Å². The summed E-state index contributed by atoms with van der Waals surface area (Å²) < 4.78 is 27.9. The molecule has 0 aliphatic carbocycles. The van der Waals surface area contributed by atoms with Gasteiger partial charge in [-0.25, -0.2) is 0 Å². The maximum Gasteiger partial charge on any atom is 0.186 e. The quantitative estimate of drug-likeness (QED) is 0.0477. The topological polar surface area (TPSA) is 168 Å². The Kier molecular flexibility index (Phi) is 25.3. The number of rotatable bonds is 29. The standard InChI is InChI=1S/C37H70O11/c1-2-3-4-5-6-7-8-9-10-11-12-13-14-15-16-17-18-19-20-21-22-23-24-44-25-29(48-37-35(43)33(41)31(39)28-47-37)26-45-36-34(42)32(40)30(38)27-46-36/h7-8,29-43H,2-6,9-28H2,1H3/b8-7-/t29-,30-,31-,32-,33-,34+,35+,36-,37+/m1/s1. The van der Waals surface area contributed by atoms with Crippen molar-refractivity contribution >= 4 is 0 Å². The maximum absolute atomic E-state index is 10.3. The van der Waals surface area contributed by atoms with E-state index >= 15 is 0 Å². The molecule has 2 fully saturated rings. The van der Waals surface area contributed by atoms with Crippen LogP contribution in [0.3, 0.4) is 0 Å². The molecule has 0 aromatic heterocycles. The molecule has 2 aliphatic heterocycles. The van der Waals surface area contributed by atoms with Gasteiger partial charge in [0.25, 0.3) is 0 Å². The molecule has 0 bridgehead atoms. The lowest BCUT2D eigenvalue weighted by Crippen LogP contribution is -2.56. The molecule has 11 heteroatoms. The summed E-state index contributed by atoms with van der Waals surface area (Å²) >= 11 is 0. The van der Waals surface area contributed by atoms with Crippen molar-refractivity contribution in [2.24, 2.45) is 0 Å². The molecule has 0 radical (unpaired) electrons. The van der Waals surface area contributed by atoms with Crippen LogP contribution in [0.2, 0.25) is 0 Å². The van der Waals surface area contributed by atoms with E-state index in [0.717, 1.165) is 19.3 Å². The molecule has 2 aliphatic rings. The van der Waals surface area contributed by atoms with Crippen molar-refractivity contribution in [2.45, 2.75) is 191 Å². The summed E-state index contributed by atoms with van der Waals surface area (Å²) in [4.78, 5) is 0. The lowest BCUT2D eigenvalue weighted by Gasteiger charge is -2.38. The molecular formula is C37H70O11. The van der Waals surface area contributed by atoms with Crippen LogP contribution >= 0.6 is 0 Å². The van der Waals surface area contributed by atoms with Crippen molar-refractivity contribution in [3.8, 4) is 0 Å². The number of aliphatic hydroxyl groups excluding tert-OH is 6. The molecule has 48 heavy (non-hydrogen) atoms. The number of ether oxygens (including phenoxy) is 5. The number of aliphatic hydroxyl groups is 6. The summed E-state index contributed by atoms with van der Waals surface area (Å²) in [6.45, 7) is 2.33. The van der Waals surface area contributed by atoms with Crippen molar-refractivity contribution in [1.29, 1.82) is 0 Å². The summed E-state index contributed by atoms with van der Waals surface area (Å²) in [7, 11) is 0. The van der Waals surface area contributed by atoms with Crippen molar-refractivity contribution in [2.75, 3.05) is 33.0 Å². The van der Waals surface area contributed by atoms with Crippen LogP contribution in [-0.4, -0.2) is 119 Å². The highest BCUT2D eigenvalue weighted by Gasteiger charge is 2.41. The van der Waals surface area contributed by atoms with E-state index in [1.807, 2.05) is 0 Å². The smallest absolute Gasteiger partial charge is 0.186 e. The molecule has 0 unspecified atom stereocenters. The van der Waals surface area contributed by atoms with Crippen LogP contribution in [0.25, 0.3) is 0 Å². The van der Waals surface area contributed by atoms with Crippen molar-refractivity contribution in [3.05, 3.63) is 12.2 Å². The molecule has 11 nitrogen and oxygen atoms in total. The maximum atomic E-state index is 10.3. The second-order valence-electron chi connectivity index (χ2n) is 13.7. The minimum absolute atomic E-state index is 0.0931. The summed E-state index contributed by atoms with van der Waals surface area (Å²) in [5.41, 5.74) is 0. The summed E-state index contributed by atoms with van der Waals surface area (Å²) in [6, 6.07) is 0. The van der Waals surface area contributed by atoms with E-state index in [9.17, 15) is 30.6 Å². The van der Waals surface area contributed by atoms with E-state index in [0.29, 0.717) is 6.61 Å². The Labute approximate surface area is 290 Å². The molecule has 0 saturated carbocycles. The zero-order valence-corrected chi connectivity index (χ0v) is 29.8. The first kappa shape index (κ1) is 43.5. The minimum atomic E-state index is -1.47. The van der Waals surface area contributed by atoms with Gasteiger partial charge in [0, 0.05) is 6.61 Å². The van der Waals surface area contributed by atoms with Crippen LogP contribution < -0.4 is 0 Å². The van der Waals surface area contributed by atoms with E-state index in [-0.39, 0.29) is 26.4 Å². The van der Waals surface area contributed by atoms with Crippen LogP contribution in [0, 0.1) is 0 Å². The largest absolute Gasteiger partial charge is 0.388 e. The van der Waals surface area contributed by atoms with Gasteiger partial charge in [-0.3, -0.25) is 0 Å². The molecule has 0 amide bonds. The third-order valence-corrected chi connectivity index (χ3v) is 9.29. The highest BCUT2D eigenvalue weighted by atomic mass is 16.7. The van der Waals surface area contributed by atoms with Crippen LogP contribution in [0.5, 0.6) is 0 Å². The normalized spacial score (nSPS) is 28.7. The van der Waals surface area contributed by atoms with Crippen LogP contribution in [-0.2, 0) is 23.7 Å². The molecule has 0 aromatic carbocycles. The molecule has 2 heterocycles. The molecule has 2 rings (SSSR count). The zero-order valence-electron chi connectivity index (χ0n) is 29.8. The summed E-state index contributed by atoms with van der Waals surface area (Å²) in [6.07, 6.45) is 19.1. The SMILES string of the molecule is CCCCCC/C=C\CCCCCCCCCCCCCCCCOC[C@H](CO[C@@H]1OC[C@@H](O)[C@@H](O)[C@@H]1O)O[C@@H]1OC[C@@H](O)[C@@H](O)[C@@H]1O. The number of hydrogen-bond donors (Lipinski definition) is 6. The van der Waals surface area contributed by atoms with E-state index in [1.54, 1.807) is 0 Å². The summed E-state index contributed by atoms with van der Waals surface area (Å²) in [5, 5.41) is 59.7. The number of unbranched alkanes of at least 4 members (excludes halogenated alkanes) is 18. The number of allylic oxidation sites excluding steroid dienone is 2. The van der Waals surface area contributed by atoms with Gasteiger partial charge in [0.2, 0.25) is 0 Å². The lowest BCUT2D eigenvalue weighted by molar-refractivity contribution is -0.305. The Morgan fingerprint density at radius 3 is 1.50 bits per heavy atom. The third kappa shape index (κ3) is 19.1. The highest BCUT2D eigenvalue weighted by Crippen LogP contribution is 2.21. The Morgan fingerprint density at radius 1 is 0.542 bits per heavy atom.